The second kappa shape index (κ2) is 4.93. The second-order valence-electron chi connectivity index (χ2n) is 4.64. The topological polar surface area (TPSA) is 35.2 Å². The van der Waals surface area contributed by atoms with Crippen LogP contribution in [0, 0.1) is 11.7 Å². The number of hydrogen-bond donors (Lipinski definition) is 1. The lowest BCUT2D eigenvalue weighted by Crippen LogP contribution is -2.32. The van der Waals surface area contributed by atoms with Crippen molar-refractivity contribution < 1.29 is 9.13 Å². The number of hydrogen-bond acceptors (Lipinski definition) is 2. The van der Waals surface area contributed by atoms with Crippen LogP contribution in [0.25, 0.3) is 0 Å². The van der Waals surface area contributed by atoms with Gasteiger partial charge >= 0.3 is 0 Å². The molecule has 3 heteroatoms. The molecule has 0 amide bonds. The summed E-state index contributed by atoms with van der Waals surface area (Å²) in [6.45, 7) is 2.80. The van der Waals surface area contributed by atoms with Crippen molar-refractivity contribution in [3.8, 4) is 0 Å². The summed E-state index contributed by atoms with van der Waals surface area (Å²) in [4.78, 5) is 0. The quantitative estimate of drug-likeness (QED) is 0.852. The Hall–Kier alpha value is -0.930. The van der Waals surface area contributed by atoms with E-state index in [4.69, 9.17) is 10.5 Å². The normalized spacial score (nSPS) is 26.9. The second-order valence-corrected chi connectivity index (χ2v) is 4.64. The molecule has 1 aliphatic heterocycles. The monoisotopic (exact) mass is 223 g/mol. The number of benzene rings is 1. The predicted octanol–water partition coefficient (Wildman–Crippen LogP) is 2.12. The molecule has 1 aliphatic rings. The zero-order valence-corrected chi connectivity index (χ0v) is 9.53. The highest BCUT2D eigenvalue weighted by molar-refractivity contribution is 5.17. The van der Waals surface area contributed by atoms with Crippen molar-refractivity contribution in [2.24, 2.45) is 11.7 Å². The van der Waals surface area contributed by atoms with E-state index in [0.29, 0.717) is 12.0 Å². The fraction of sp³-hybridized carbons (Fsp3) is 0.538. The molecule has 2 rings (SSSR count). The molecule has 0 spiro atoms. The van der Waals surface area contributed by atoms with Crippen LogP contribution in [-0.4, -0.2) is 18.8 Å². The van der Waals surface area contributed by atoms with Crippen LogP contribution < -0.4 is 5.73 Å². The first-order chi connectivity index (χ1) is 7.65. The minimum atomic E-state index is -0.194. The van der Waals surface area contributed by atoms with E-state index in [2.05, 4.69) is 6.92 Å². The molecule has 16 heavy (non-hydrogen) atoms. The van der Waals surface area contributed by atoms with Crippen molar-refractivity contribution in [2.45, 2.75) is 31.9 Å². The molecular formula is C13H18FNO. The van der Waals surface area contributed by atoms with Gasteiger partial charge in [0, 0.05) is 12.0 Å². The van der Waals surface area contributed by atoms with Crippen LogP contribution in [0.4, 0.5) is 4.39 Å². The van der Waals surface area contributed by atoms with Crippen molar-refractivity contribution in [3.63, 3.8) is 0 Å². The SMILES string of the molecule is CC1CC(C(N)Cc2cccc(F)c2)CO1. The van der Waals surface area contributed by atoms with E-state index in [9.17, 15) is 4.39 Å². The summed E-state index contributed by atoms with van der Waals surface area (Å²) in [6.07, 6.45) is 2.04. The van der Waals surface area contributed by atoms with Gasteiger partial charge in [-0.3, -0.25) is 0 Å². The van der Waals surface area contributed by atoms with Crippen LogP contribution in [0.1, 0.15) is 18.9 Å². The molecule has 0 aromatic heterocycles. The molecule has 3 atom stereocenters. The minimum Gasteiger partial charge on any atom is -0.378 e. The van der Waals surface area contributed by atoms with Crippen LogP contribution >= 0.6 is 0 Å². The molecule has 1 fully saturated rings. The van der Waals surface area contributed by atoms with E-state index in [1.54, 1.807) is 12.1 Å². The molecule has 88 valence electrons. The first-order valence-electron chi connectivity index (χ1n) is 5.77. The van der Waals surface area contributed by atoms with Crippen LogP contribution in [0.3, 0.4) is 0 Å². The number of rotatable bonds is 3. The van der Waals surface area contributed by atoms with Gasteiger partial charge in [-0.2, -0.15) is 0 Å². The molecule has 1 heterocycles. The molecule has 0 saturated carbocycles. The highest BCUT2D eigenvalue weighted by atomic mass is 19.1. The predicted molar refractivity (Wildman–Crippen MR) is 61.6 cm³/mol. The Balaban J connectivity index is 1.94. The molecule has 1 aromatic carbocycles. The van der Waals surface area contributed by atoms with E-state index in [-0.39, 0.29) is 11.9 Å². The highest BCUT2D eigenvalue weighted by Gasteiger charge is 2.27. The summed E-state index contributed by atoms with van der Waals surface area (Å²) in [7, 11) is 0. The third-order valence-corrected chi connectivity index (χ3v) is 3.20. The van der Waals surface area contributed by atoms with Crippen molar-refractivity contribution in [2.75, 3.05) is 6.61 Å². The molecule has 2 nitrogen and oxygen atoms in total. The van der Waals surface area contributed by atoms with E-state index >= 15 is 0 Å². The van der Waals surface area contributed by atoms with E-state index < -0.39 is 0 Å². The van der Waals surface area contributed by atoms with E-state index in [0.717, 1.165) is 25.0 Å². The molecule has 3 unspecified atom stereocenters. The van der Waals surface area contributed by atoms with Gasteiger partial charge in [0.2, 0.25) is 0 Å². The van der Waals surface area contributed by atoms with Crippen molar-refractivity contribution in [1.82, 2.24) is 0 Å². The number of nitrogens with two attached hydrogens (primary N) is 1. The third kappa shape index (κ3) is 2.80. The fourth-order valence-corrected chi connectivity index (χ4v) is 2.25. The van der Waals surface area contributed by atoms with Gasteiger partial charge in [-0.15, -0.1) is 0 Å². The molecular weight excluding hydrogens is 205 g/mol. The van der Waals surface area contributed by atoms with Crippen LogP contribution in [0.15, 0.2) is 24.3 Å². The lowest BCUT2D eigenvalue weighted by atomic mass is 9.92. The summed E-state index contributed by atoms with van der Waals surface area (Å²) in [5, 5.41) is 0. The summed E-state index contributed by atoms with van der Waals surface area (Å²) >= 11 is 0. The lowest BCUT2D eigenvalue weighted by molar-refractivity contribution is 0.118. The largest absolute Gasteiger partial charge is 0.378 e. The number of ether oxygens (including phenoxy) is 1. The maximum atomic E-state index is 13.0. The molecule has 0 aliphatic carbocycles. The molecule has 0 bridgehead atoms. The summed E-state index contributed by atoms with van der Waals surface area (Å²) in [6, 6.07) is 6.72. The van der Waals surface area contributed by atoms with Crippen LogP contribution in [0.2, 0.25) is 0 Å². The summed E-state index contributed by atoms with van der Waals surface area (Å²) in [5.41, 5.74) is 7.09. The Kier molecular flexibility index (Phi) is 3.56. The van der Waals surface area contributed by atoms with Gasteiger partial charge in [0.25, 0.3) is 0 Å². The number of halogens is 1. The van der Waals surface area contributed by atoms with Gasteiger partial charge in [-0.1, -0.05) is 12.1 Å². The van der Waals surface area contributed by atoms with Gasteiger partial charge in [0.15, 0.2) is 0 Å². The Morgan fingerprint density at radius 2 is 2.38 bits per heavy atom. The van der Waals surface area contributed by atoms with Crippen molar-refractivity contribution in [3.05, 3.63) is 35.6 Å². The van der Waals surface area contributed by atoms with E-state index in [1.807, 2.05) is 6.07 Å². The van der Waals surface area contributed by atoms with Crippen molar-refractivity contribution >= 4 is 0 Å². The minimum absolute atomic E-state index is 0.0618. The van der Waals surface area contributed by atoms with Gasteiger partial charge in [-0.25, -0.2) is 4.39 Å². The summed E-state index contributed by atoms with van der Waals surface area (Å²) < 4.78 is 18.5. The Morgan fingerprint density at radius 3 is 3.00 bits per heavy atom. The van der Waals surface area contributed by atoms with Gasteiger partial charge in [0.1, 0.15) is 5.82 Å². The lowest BCUT2D eigenvalue weighted by Gasteiger charge is -2.17. The van der Waals surface area contributed by atoms with Crippen molar-refractivity contribution in [1.29, 1.82) is 0 Å². The average molecular weight is 223 g/mol. The Bertz CT molecular complexity index is 356. The average Bonchev–Trinajstić information content (AvgIpc) is 2.65. The van der Waals surface area contributed by atoms with Crippen LogP contribution in [-0.2, 0) is 11.2 Å². The molecule has 1 aromatic rings. The first-order valence-corrected chi connectivity index (χ1v) is 5.77. The van der Waals surface area contributed by atoms with Crippen LogP contribution in [0.5, 0.6) is 0 Å². The van der Waals surface area contributed by atoms with E-state index in [1.165, 1.54) is 6.07 Å². The molecule has 0 radical (unpaired) electrons. The fourth-order valence-electron chi connectivity index (χ4n) is 2.25. The Labute approximate surface area is 95.6 Å². The van der Waals surface area contributed by atoms with Gasteiger partial charge in [-0.05, 0) is 37.5 Å². The maximum absolute atomic E-state index is 13.0. The zero-order chi connectivity index (χ0) is 11.5. The molecule has 2 N–H and O–H groups in total. The molecule has 1 saturated heterocycles. The highest BCUT2D eigenvalue weighted by Crippen LogP contribution is 2.23. The summed E-state index contributed by atoms with van der Waals surface area (Å²) in [5.74, 6) is 0.207. The smallest absolute Gasteiger partial charge is 0.123 e. The third-order valence-electron chi connectivity index (χ3n) is 3.20. The van der Waals surface area contributed by atoms with Gasteiger partial charge in [0.05, 0.1) is 12.7 Å². The zero-order valence-electron chi connectivity index (χ0n) is 9.53. The first kappa shape index (κ1) is 11.6. The standard InChI is InChI=1S/C13H18FNO/c1-9-5-11(8-16-9)13(15)7-10-3-2-4-12(14)6-10/h2-4,6,9,11,13H,5,7-8,15H2,1H3. The Morgan fingerprint density at radius 1 is 1.56 bits per heavy atom. The van der Waals surface area contributed by atoms with Gasteiger partial charge < -0.3 is 10.5 Å². The maximum Gasteiger partial charge on any atom is 0.123 e.